The van der Waals surface area contributed by atoms with Crippen LogP contribution in [0.1, 0.15) is 11.3 Å². The van der Waals surface area contributed by atoms with Crippen LogP contribution < -0.4 is 5.73 Å². The SMILES string of the molecule is Cc1[nH]nc(-c2ccc(CN)cc2)c1-c1ccncc1. The molecule has 0 saturated carbocycles. The Morgan fingerprint density at radius 2 is 1.70 bits per heavy atom. The molecule has 3 aromatic rings. The summed E-state index contributed by atoms with van der Waals surface area (Å²) in [5.41, 5.74) is 12.1. The van der Waals surface area contributed by atoms with Crippen LogP contribution in [0.15, 0.2) is 48.8 Å². The fourth-order valence-electron chi connectivity index (χ4n) is 2.31. The van der Waals surface area contributed by atoms with E-state index in [2.05, 4.69) is 27.3 Å². The van der Waals surface area contributed by atoms with E-state index in [0.29, 0.717) is 6.54 Å². The summed E-state index contributed by atoms with van der Waals surface area (Å²) in [4.78, 5) is 4.07. The van der Waals surface area contributed by atoms with Crippen molar-refractivity contribution in [2.24, 2.45) is 5.73 Å². The Hall–Kier alpha value is -2.46. The molecule has 2 heterocycles. The van der Waals surface area contributed by atoms with E-state index < -0.39 is 0 Å². The first-order valence-corrected chi connectivity index (χ1v) is 6.54. The van der Waals surface area contributed by atoms with Gasteiger partial charge in [-0.3, -0.25) is 10.1 Å². The fourth-order valence-corrected chi connectivity index (χ4v) is 2.31. The van der Waals surface area contributed by atoms with Gasteiger partial charge in [0.15, 0.2) is 0 Å². The summed E-state index contributed by atoms with van der Waals surface area (Å²) in [6.45, 7) is 2.58. The van der Waals surface area contributed by atoms with Crippen molar-refractivity contribution in [3.63, 3.8) is 0 Å². The Morgan fingerprint density at radius 3 is 2.35 bits per heavy atom. The molecular weight excluding hydrogens is 248 g/mol. The Labute approximate surface area is 117 Å². The minimum Gasteiger partial charge on any atom is -0.326 e. The van der Waals surface area contributed by atoms with E-state index >= 15 is 0 Å². The van der Waals surface area contributed by atoms with Crippen molar-refractivity contribution in [1.82, 2.24) is 15.2 Å². The predicted molar refractivity (Wildman–Crippen MR) is 79.9 cm³/mol. The lowest BCUT2D eigenvalue weighted by Crippen LogP contribution is -1.95. The summed E-state index contributed by atoms with van der Waals surface area (Å²) in [6, 6.07) is 12.2. The molecule has 3 N–H and O–H groups in total. The van der Waals surface area contributed by atoms with Crippen molar-refractivity contribution in [3.8, 4) is 22.4 Å². The molecular formula is C16H16N4. The topological polar surface area (TPSA) is 67.6 Å². The maximum atomic E-state index is 5.63. The zero-order chi connectivity index (χ0) is 13.9. The molecule has 0 aliphatic carbocycles. The molecule has 0 bridgehead atoms. The van der Waals surface area contributed by atoms with Gasteiger partial charge in [0.25, 0.3) is 0 Å². The van der Waals surface area contributed by atoms with Crippen molar-refractivity contribution >= 4 is 0 Å². The molecule has 4 nitrogen and oxygen atoms in total. The lowest BCUT2D eigenvalue weighted by atomic mass is 9.99. The van der Waals surface area contributed by atoms with Crippen LogP contribution >= 0.6 is 0 Å². The molecule has 3 rings (SSSR count). The minimum atomic E-state index is 0.553. The van der Waals surface area contributed by atoms with Crippen LogP contribution in [0.2, 0.25) is 0 Å². The van der Waals surface area contributed by atoms with Crippen LogP contribution in [0.4, 0.5) is 0 Å². The number of benzene rings is 1. The number of hydrogen-bond acceptors (Lipinski definition) is 3. The Kier molecular flexibility index (Phi) is 3.31. The van der Waals surface area contributed by atoms with Gasteiger partial charge in [0.1, 0.15) is 5.69 Å². The van der Waals surface area contributed by atoms with Crippen molar-refractivity contribution in [2.45, 2.75) is 13.5 Å². The monoisotopic (exact) mass is 264 g/mol. The number of pyridine rings is 1. The second-order valence-corrected chi connectivity index (χ2v) is 4.71. The molecule has 0 unspecified atom stereocenters. The van der Waals surface area contributed by atoms with Gasteiger partial charge in [-0.1, -0.05) is 24.3 Å². The molecule has 0 saturated heterocycles. The van der Waals surface area contributed by atoms with Gasteiger partial charge in [-0.25, -0.2) is 0 Å². The van der Waals surface area contributed by atoms with Crippen molar-refractivity contribution in [2.75, 3.05) is 0 Å². The van der Waals surface area contributed by atoms with Crippen LogP contribution in [0.3, 0.4) is 0 Å². The number of nitrogens with zero attached hydrogens (tertiary/aromatic N) is 2. The first-order valence-electron chi connectivity index (χ1n) is 6.54. The third-order valence-electron chi connectivity index (χ3n) is 3.38. The highest BCUT2D eigenvalue weighted by Gasteiger charge is 2.13. The van der Waals surface area contributed by atoms with Gasteiger partial charge in [-0.05, 0) is 30.2 Å². The van der Waals surface area contributed by atoms with E-state index in [1.165, 1.54) is 0 Å². The van der Waals surface area contributed by atoms with Crippen LogP contribution in [-0.2, 0) is 6.54 Å². The highest BCUT2D eigenvalue weighted by atomic mass is 15.1. The molecule has 0 fully saturated rings. The standard InChI is InChI=1S/C16H16N4/c1-11-15(13-6-8-18-9-7-13)16(20-19-11)14-4-2-12(10-17)3-5-14/h2-9H,10,17H2,1H3,(H,19,20). The maximum absolute atomic E-state index is 5.63. The number of nitrogens with two attached hydrogens (primary N) is 1. The quantitative estimate of drug-likeness (QED) is 0.764. The molecule has 0 atom stereocenters. The number of aryl methyl sites for hydroxylation is 1. The average molecular weight is 264 g/mol. The first kappa shape index (κ1) is 12.6. The summed E-state index contributed by atoms with van der Waals surface area (Å²) in [5.74, 6) is 0. The number of aromatic nitrogens is 3. The molecule has 20 heavy (non-hydrogen) atoms. The maximum Gasteiger partial charge on any atom is 0.100 e. The van der Waals surface area contributed by atoms with Crippen molar-refractivity contribution in [3.05, 3.63) is 60.0 Å². The van der Waals surface area contributed by atoms with Crippen molar-refractivity contribution < 1.29 is 0 Å². The molecule has 0 spiro atoms. The largest absolute Gasteiger partial charge is 0.326 e. The second-order valence-electron chi connectivity index (χ2n) is 4.71. The molecule has 2 aromatic heterocycles. The van der Waals surface area contributed by atoms with Gasteiger partial charge < -0.3 is 5.73 Å². The molecule has 0 radical (unpaired) electrons. The predicted octanol–water partition coefficient (Wildman–Crippen LogP) is 2.91. The van der Waals surface area contributed by atoms with Gasteiger partial charge in [0.05, 0.1) is 0 Å². The Balaban J connectivity index is 2.11. The van der Waals surface area contributed by atoms with Gasteiger partial charge in [0.2, 0.25) is 0 Å². The van der Waals surface area contributed by atoms with Crippen LogP contribution in [-0.4, -0.2) is 15.2 Å². The third kappa shape index (κ3) is 2.21. The van der Waals surface area contributed by atoms with Crippen LogP contribution in [0.5, 0.6) is 0 Å². The first-order chi connectivity index (χ1) is 9.79. The van der Waals surface area contributed by atoms with Crippen LogP contribution in [0.25, 0.3) is 22.4 Å². The number of rotatable bonds is 3. The molecule has 1 aromatic carbocycles. The normalized spacial score (nSPS) is 10.7. The zero-order valence-electron chi connectivity index (χ0n) is 11.3. The van der Waals surface area contributed by atoms with Gasteiger partial charge in [-0.15, -0.1) is 0 Å². The van der Waals surface area contributed by atoms with Gasteiger partial charge >= 0.3 is 0 Å². The summed E-state index contributed by atoms with van der Waals surface area (Å²) in [7, 11) is 0. The van der Waals surface area contributed by atoms with E-state index in [4.69, 9.17) is 5.73 Å². The lowest BCUT2D eigenvalue weighted by Gasteiger charge is -2.05. The molecule has 0 aliphatic rings. The third-order valence-corrected chi connectivity index (χ3v) is 3.38. The Bertz CT molecular complexity index is 699. The van der Waals surface area contributed by atoms with Gasteiger partial charge in [0, 0.05) is 35.8 Å². The second kappa shape index (κ2) is 5.27. The smallest absolute Gasteiger partial charge is 0.100 e. The molecule has 100 valence electrons. The van der Waals surface area contributed by atoms with E-state index in [0.717, 1.165) is 33.6 Å². The van der Waals surface area contributed by atoms with E-state index in [9.17, 15) is 0 Å². The summed E-state index contributed by atoms with van der Waals surface area (Å²) < 4.78 is 0. The lowest BCUT2D eigenvalue weighted by molar-refractivity contribution is 1.05. The molecule has 0 aliphatic heterocycles. The van der Waals surface area contributed by atoms with E-state index in [1.54, 1.807) is 12.4 Å². The molecule has 0 amide bonds. The van der Waals surface area contributed by atoms with E-state index in [-0.39, 0.29) is 0 Å². The number of H-pyrrole nitrogens is 1. The van der Waals surface area contributed by atoms with Crippen LogP contribution in [0, 0.1) is 6.92 Å². The van der Waals surface area contributed by atoms with Crippen molar-refractivity contribution in [1.29, 1.82) is 0 Å². The summed E-state index contributed by atoms with van der Waals surface area (Å²) >= 11 is 0. The van der Waals surface area contributed by atoms with E-state index in [1.807, 2.05) is 31.2 Å². The number of hydrogen-bond donors (Lipinski definition) is 2. The fraction of sp³-hybridized carbons (Fsp3) is 0.125. The average Bonchev–Trinajstić information content (AvgIpc) is 2.90. The minimum absolute atomic E-state index is 0.553. The highest BCUT2D eigenvalue weighted by molar-refractivity contribution is 5.82. The highest BCUT2D eigenvalue weighted by Crippen LogP contribution is 2.32. The Morgan fingerprint density at radius 1 is 1.00 bits per heavy atom. The summed E-state index contributed by atoms with van der Waals surface area (Å²) in [6.07, 6.45) is 3.59. The summed E-state index contributed by atoms with van der Waals surface area (Å²) in [5, 5.41) is 7.51. The number of nitrogens with one attached hydrogen (secondary N) is 1. The zero-order valence-corrected chi connectivity index (χ0v) is 11.3. The van der Waals surface area contributed by atoms with Gasteiger partial charge in [-0.2, -0.15) is 5.10 Å². The number of aromatic amines is 1. The molecule has 4 heteroatoms.